The summed E-state index contributed by atoms with van der Waals surface area (Å²) in [6.45, 7) is 1.28. The van der Waals surface area contributed by atoms with E-state index in [2.05, 4.69) is 5.32 Å². The SMILES string of the molecule is CNC(CC1CCCN(S(C)(=O)=O)C1)c1ccco1. The van der Waals surface area contributed by atoms with Crippen molar-refractivity contribution in [2.24, 2.45) is 5.92 Å². The largest absolute Gasteiger partial charge is 0.468 e. The minimum absolute atomic E-state index is 0.152. The minimum Gasteiger partial charge on any atom is -0.468 e. The third-order valence-electron chi connectivity index (χ3n) is 3.75. The van der Waals surface area contributed by atoms with Gasteiger partial charge in [-0.1, -0.05) is 0 Å². The predicted molar refractivity (Wildman–Crippen MR) is 74.3 cm³/mol. The van der Waals surface area contributed by atoms with Crippen molar-refractivity contribution in [1.29, 1.82) is 0 Å². The molecule has 1 fully saturated rings. The van der Waals surface area contributed by atoms with Crippen LogP contribution in [0, 0.1) is 5.92 Å². The van der Waals surface area contributed by atoms with Crippen LogP contribution in [0.25, 0.3) is 0 Å². The predicted octanol–water partition coefficient (Wildman–Crippen LogP) is 1.60. The average Bonchev–Trinajstić information content (AvgIpc) is 2.89. The Labute approximate surface area is 115 Å². The quantitative estimate of drug-likeness (QED) is 0.893. The fourth-order valence-corrected chi connectivity index (χ4v) is 3.66. The van der Waals surface area contributed by atoms with Crippen molar-refractivity contribution >= 4 is 10.0 Å². The zero-order valence-electron chi connectivity index (χ0n) is 11.5. The molecule has 0 aromatic carbocycles. The third kappa shape index (κ3) is 3.81. The molecular weight excluding hydrogens is 264 g/mol. The number of furan rings is 1. The number of rotatable bonds is 5. The fraction of sp³-hybridized carbons (Fsp3) is 0.692. The van der Waals surface area contributed by atoms with E-state index in [4.69, 9.17) is 4.42 Å². The molecule has 108 valence electrons. The molecule has 2 atom stereocenters. The molecule has 5 nitrogen and oxygen atoms in total. The van der Waals surface area contributed by atoms with Gasteiger partial charge in [-0.15, -0.1) is 0 Å². The topological polar surface area (TPSA) is 62.6 Å². The molecule has 1 aliphatic heterocycles. The summed E-state index contributed by atoms with van der Waals surface area (Å²) < 4.78 is 30.2. The molecule has 2 rings (SSSR count). The molecule has 0 radical (unpaired) electrons. The van der Waals surface area contributed by atoms with E-state index in [-0.39, 0.29) is 6.04 Å². The van der Waals surface area contributed by atoms with Crippen molar-refractivity contribution in [3.63, 3.8) is 0 Å². The zero-order chi connectivity index (χ0) is 13.9. The number of piperidine rings is 1. The first-order valence-corrected chi connectivity index (χ1v) is 8.51. The maximum Gasteiger partial charge on any atom is 0.211 e. The first-order valence-electron chi connectivity index (χ1n) is 6.66. The Bertz CT molecular complexity index is 484. The van der Waals surface area contributed by atoms with E-state index < -0.39 is 10.0 Å². The minimum atomic E-state index is -3.07. The van der Waals surface area contributed by atoms with E-state index in [9.17, 15) is 8.42 Å². The second-order valence-electron chi connectivity index (χ2n) is 5.22. The molecule has 0 amide bonds. The van der Waals surface area contributed by atoms with Crippen molar-refractivity contribution in [2.75, 3.05) is 26.4 Å². The first kappa shape index (κ1) is 14.6. The Morgan fingerprint density at radius 3 is 2.95 bits per heavy atom. The lowest BCUT2D eigenvalue weighted by molar-refractivity contribution is 0.233. The van der Waals surface area contributed by atoms with Crippen LogP contribution in [0.15, 0.2) is 22.8 Å². The van der Waals surface area contributed by atoms with Crippen LogP contribution < -0.4 is 5.32 Å². The summed E-state index contributed by atoms with van der Waals surface area (Å²) in [4.78, 5) is 0. The van der Waals surface area contributed by atoms with Gasteiger partial charge in [-0.3, -0.25) is 0 Å². The summed E-state index contributed by atoms with van der Waals surface area (Å²) in [7, 11) is -1.16. The Kier molecular flexibility index (Phi) is 4.65. The van der Waals surface area contributed by atoms with Crippen LogP contribution in [-0.4, -0.2) is 39.1 Å². The van der Waals surface area contributed by atoms with Crippen molar-refractivity contribution in [3.05, 3.63) is 24.2 Å². The molecule has 0 aliphatic carbocycles. The normalized spacial score (nSPS) is 23.4. The summed E-state index contributed by atoms with van der Waals surface area (Å²) >= 11 is 0. The lowest BCUT2D eigenvalue weighted by Crippen LogP contribution is -2.40. The van der Waals surface area contributed by atoms with Crippen molar-refractivity contribution in [1.82, 2.24) is 9.62 Å². The fourth-order valence-electron chi connectivity index (χ4n) is 2.72. The Morgan fingerprint density at radius 1 is 1.58 bits per heavy atom. The van der Waals surface area contributed by atoms with Gasteiger partial charge in [0.1, 0.15) is 5.76 Å². The van der Waals surface area contributed by atoms with E-state index >= 15 is 0 Å². The molecule has 2 unspecified atom stereocenters. The van der Waals surface area contributed by atoms with Crippen molar-refractivity contribution in [2.45, 2.75) is 25.3 Å². The summed E-state index contributed by atoms with van der Waals surface area (Å²) in [6.07, 6.45) is 5.87. The highest BCUT2D eigenvalue weighted by Gasteiger charge is 2.28. The van der Waals surface area contributed by atoms with Gasteiger partial charge < -0.3 is 9.73 Å². The Morgan fingerprint density at radius 2 is 2.37 bits per heavy atom. The van der Waals surface area contributed by atoms with Crippen molar-refractivity contribution in [3.8, 4) is 0 Å². The molecule has 1 saturated heterocycles. The molecule has 1 aromatic rings. The van der Waals surface area contributed by atoms with Gasteiger partial charge in [0.2, 0.25) is 10.0 Å². The molecule has 2 heterocycles. The molecule has 1 N–H and O–H groups in total. The molecule has 0 bridgehead atoms. The summed E-state index contributed by atoms with van der Waals surface area (Å²) in [6, 6.07) is 3.99. The monoisotopic (exact) mass is 286 g/mol. The summed E-state index contributed by atoms with van der Waals surface area (Å²) in [5, 5.41) is 3.24. The number of hydrogen-bond acceptors (Lipinski definition) is 4. The van der Waals surface area contributed by atoms with Gasteiger partial charge in [-0.2, -0.15) is 0 Å². The molecule has 6 heteroatoms. The second-order valence-corrected chi connectivity index (χ2v) is 7.20. The Balaban J connectivity index is 1.98. The highest BCUT2D eigenvalue weighted by atomic mass is 32.2. The molecule has 19 heavy (non-hydrogen) atoms. The van der Waals surface area contributed by atoms with Crippen LogP contribution in [0.2, 0.25) is 0 Å². The van der Waals surface area contributed by atoms with Crippen LogP contribution in [0.1, 0.15) is 31.1 Å². The first-order chi connectivity index (χ1) is 9.00. The van der Waals surface area contributed by atoms with Gasteiger partial charge in [-0.25, -0.2) is 12.7 Å². The van der Waals surface area contributed by atoms with Crippen LogP contribution in [0.5, 0.6) is 0 Å². The maximum absolute atomic E-state index is 11.6. The van der Waals surface area contributed by atoms with Crippen LogP contribution >= 0.6 is 0 Å². The highest BCUT2D eigenvalue weighted by Crippen LogP contribution is 2.28. The van der Waals surface area contributed by atoms with Crippen LogP contribution in [-0.2, 0) is 10.0 Å². The Hall–Kier alpha value is -0.850. The standard InChI is InChI=1S/C13H22N2O3S/c1-14-12(13-6-4-8-18-13)9-11-5-3-7-15(10-11)19(2,16)17/h4,6,8,11-12,14H,3,5,7,9-10H2,1-2H3. The number of nitrogens with zero attached hydrogens (tertiary/aromatic N) is 1. The number of hydrogen-bond donors (Lipinski definition) is 1. The molecule has 0 spiro atoms. The molecular formula is C13H22N2O3S. The van der Waals surface area contributed by atoms with Gasteiger partial charge >= 0.3 is 0 Å². The molecule has 0 saturated carbocycles. The number of sulfonamides is 1. The smallest absolute Gasteiger partial charge is 0.211 e. The van der Waals surface area contributed by atoms with Gasteiger partial charge in [0.15, 0.2) is 0 Å². The van der Waals surface area contributed by atoms with Crippen molar-refractivity contribution < 1.29 is 12.8 Å². The van der Waals surface area contributed by atoms with E-state index in [0.29, 0.717) is 19.0 Å². The lowest BCUT2D eigenvalue weighted by atomic mass is 9.91. The zero-order valence-corrected chi connectivity index (χ0v) is 12.3. The molecule has 1 aliphatic rings. The second kappa shape index (κ2) is 6.07. The summed E-state index contributed by atoms with van der Waals surface area (Å²) in [5.41, 5.74) is 0. The van der Waals surface area contributed by atoms with Gasteiger partial charge in [0.25, 0.3) is 0 Å². The summed E-state index contributed by atoms with van der Waals surface area (Å²) in [5.74, 6) is 1.30. The lowest BCUT2D eigenvalue weighted by Gasteiger charge is -2.32. The number of nitrogens with one attached hydrogen (secondary N) is 1. The van der Waals surface area contributed by atoms with Crippen LogP contribution in [0.3, 0.4) is 0 Å². The maximum atomic E-state index is 11.6. The third-order valence-corrected chi connectivity index (χ3v) is 5.02. The van der Waals surface area contributed by atoms with Gasteiger partial charge in [-0.05, 0) is 44.4 Å². The van der Waals surface area contributed by atoms with E-state index in [1.54, 1.807) is 10.6 Å². The van der Waals surface area contributed by atoms with Gasteiger partial charge in [0, 0.05) is 13.1 Å². The van der Waals surface area contributed by atoms with Crippen LogP contribution in [0.4, 0.5) is 0 Å². The molecule has 1 aromatic heterocycles. The van der Waals surface area contributed by atoms with E-state index in [1.165, 1.54) is 6.26 Å². The van der Waals surface area contributed by atoms with Gasteiger partial charge in [0.05, 0.1) is 18.6 Å². The average molecular weight is 286 g/mol. The van der Waals surface area contributed by atoms with E-state index in [1.807, 2.05) is 19.2 Å². The van der Waals surface area contributed by atoms with E-state index in [0.717, 1.165) is 25.0 Å². The highest BCUT2D eigenvalue weighted by molar-refractivity contribution is 7.88.